The lowest BCUT2D eigenvalue weighted by atomic mass is 9.93. The van der Waals surface area contributed by atoms with Gasteiger partial charge in [-0.1, -0.05) is 40.2 Å². The maximum atomic E-state index is 3.51. The van der Waals surface area contributed by atoms with Crippen LogP contribution in [0.1, 0.15) is 18.4 Å². The molecule has 1 saturated heterocycles. The summed E-state index contributed by atoms with van der Waals surface area (Å²) in [6.45, 7) is 7.34. The second-order valence-corrected chi connectivity index (χ2v) is 8.16. The molecule has 1 heterocycles. The Morgan fingerprint density at radius 2 is 1.64 bits per heavy atom. The standard InChI is InChI=1S/C19H25BrN2/c20-19-5-2-15(3-6-19)13-21-7-9-22(10-8-21)14-18-12-16-1-4-17(18)11-16/h1-6,16-18H,7-14H2/t16-,17+,18+/m1/s1. The van der Waals surface area contributed by atoms with E-state index in [0.29, 0.717) is 0 Å². The van der Waals surface area contributed by atoms with Gasteiger partial charge in [-0.2, -0.15) is 0 Å². The summed E-state index contributed by atoms with van der Waals surface area (Å²) in [7, 11) is 0. The number of piperazine rings is 1. The molecule has 2 nitrogen and oxygen atoms in total. The second-order valence-electron chi connectivity index (χ2n) is 7.24. The molecule has 4 rings (SSSR count). The van der Waals surface area contributed by atoms with Crippen LogP contribution in [0.3, 0.4) is 0 Å². The van der Waals surface area contributed by atoms with Gasteiger partial charge in [-0.3, -0.25) is 4.90 Å². The smallest absolute Gasteiger partial charge is 0.0234 e. The highest BCUT2D eigenvalue weighted by Gasteiger charge is 2.36. The molecule has 1 saturated carbocycles. The molecule has 0 spiro atoms. The quantitative estimate of drug-likeness (QED) is 0.753. The highest BCUT2D eigenvalue weighted by molar-refractivity contribution is 9.10. The molecule has 1 aromatic rings. The number of hydrogen-bond donors (Lipinski definition) is 0. The molecular formula is C19H25BrN2. The van der Waals surface area contributed by atoms with Crippen LogP contribution in [0, 0.1) is 17.8 Å². The zero-order valence-corrected chi connectivity index (χ0v) is 14.7. The number of benzene rings is 1. The van der Waals surface area contributed by atoms with Gasteiger partial charge < -0.3 is 4.90 Å². The van der Waals surface area contributed by atoms with Crippen molar-refractivity contribution in [3.63, 3.8) is 0 Å². The van der Waals surface area contributed by atoms with Crippen LogP contribution in [-0.4, -0.2) is 42.5 Å². The summed E-state index contributed by atoms with van der Waals surface area (Å²) in [5.41, 5.74) is 1.43. The average molecular weight is 361 g/mol. The van der Waals surface area contributed by atoms with Crippen LogP contribution in [0.25, 0.3) is 0 Å². The molecule has 2 aliphatic carbocycles. The van der Waals surface area contributed by atoms with Crippen molar-refractivity contribution >= 4 is 15.9 Å². The minimum absolute atomic E-state index is 0.894. The average Bonchev–Trinajstić information content (AvgIpc) is 3.14. The van der Waals surface area contributed by atoms with Crippen molar-refractivity contribution in [3.8, 4) is 0 Å². The number of hydrogen-bond acceptors (Lipinski definition) is 2. The topological polar surface area (TPSA) is 6.48 Å². The van der Waals surface area contributed by atoms with Crippen LogP contribution in [0.2, 0.25) is 0 Å². The first kappa shape index (κ1) is 14.9. The van der Waals surface area contributed by atoms with E-state index >= 15 is 0 Å². The molecule has 1 aliphatic heterocycles. The minimum Gasteiger partial charge on any atom is -0.300 e. The van der Waals surface area contributed by atoms with Crippen molar-refractivity contribution < 1.29 is 0 Å². The van der Waals surface area contributed by atoms with E-state index in [-0.39, 0.29) is 0 Å². The molecule has 3 aliphatic rings. The summed E-state index contributed by atoms with van der Waals surface area (Å²) < 4.78 is 1.17. The van der Waals surface area contributed by atoms with Gasteiger partial charge in [0.1, 0.15) is 0 Å². The highest BCUT2D eigenvalue weighted by Crippen LogP contribution is 2.43. The summed E-state index contributed by atoms with van der Waals surface area (Å²) in [4.78, 5) is 5.30. The largest absolute Gasteiger partial charge is 0.300 e. The van der Waals surface area contributed by atoms with Gasteiger partial charge in [0, 0.05) is 43.7 Å². The molecule has 22 heavy (non-hydrogen) atoms. The molecule has 2 fully saturated rings. The van der Waals surface area contributed by atoms with Gasteiger partial charge in [0.15, 0.2) is 0 Å². The van der Waals surface area contributed by atoms with Crippen molar-refractivity contribution in [2.75, 3.05) is 32.7 Å². The molecule has 0 radical (unpaired) electrons. The molecule has 0 amide bonds. The Morgan fingerprint density at radius 3 is 2.27 bits per heavy atom. The molecule has 3 atom stereocenters. The van der Waals surface area contributed by atoms with Gasteiger partial charge in [-0.25, -0.2) is 0 Å². The zero-order chi connectivity index (χ0) is 14.9. The number of nitrogens with zero attached hydrogens (tertiary/aromatic N) is 2. The molecule has 0 N–H and O–H groups in total. The van der Waals surface area contributed by atoms with E-state index in [2.05, 4.69) is 62.1 Å². The Hall–Kier alpha value is -0.640. The third kappa shape index (κ3) is 3.32. The van der Waals surface area contributed by atoms with E-state index in [1.165, 1.54) is 55.6 Å². The van der Waals surface area contributed by atoms with Crippen LogP contribution in [0.5, 0.6) is 0 Å². The van der Waals surface area contributed by atoms with Crippen LogP contribution in [0.4, 0.5) is 0 Å². The lowest BCUT2D eigenvalue weighted by Gasteiger charge is -2.37. The fraction of sp³-hybridized carbons (Fsp3) is 0.579. The zero-order valence-electron chi connectivity index (χ0n) is 13.1. The highest BCUT2D eigenvalue weighted by atomic mass is 79.9. The third-order valence-corrected chi connectivity index (χ3v) is 6.22. The van der Waals surface area contributed by atoms with E-state index in [1.54, 1.807) is 0 Å². The van der Waals surface area contributed by atoms with Crippen molar-refractivity contribution in [1.29, 1.82) is 0 Å². The van der Waals surface area contributed by atoms with E-state index in [9.17, 15) is 0 Å². The van der Waals surface area contributed by atoms with E-state index in [4.69, 9.17) is 0 Å². The van der Waals surface area contributed by atoms with Gasteiger partial charge in [0.05, 0.1) is 0 Å². The van der Waals surface area contributed by atoms with Gasteiger partial charge in [-0.15, -0.1) is 0 Å². The van der Waals surface area contributed by atoms with E-state index in [1.807, 2.05) is 0 Å². The lowest BCUT2D eigenvalue weighted by Crippen LogP contribution is -2.47. The van der Waals surface area contributed by atoms with Crippen LogP contribution < -0.4 is 0 Å². The summed E-state index contributed by atoms with van der Waals surface area (Å²) in [5, 5.41) is 0. The Bertz CT molecular complexity index is 531. The Kier molecular flexibility index (Phi) is 4.38. The minimum atomic E-state index is 0.894. The molecular weight excluding hydrogens is 336 g/mol. The van der Waals surface area contributed by atoms with Crippen LogP contribution in [0.15, 0.2) is 40.9 Å². The summed E-state index contributed by atoms with van der Waals surface area (Å²) in [6.07, 6.45) is 7.83. The monoisotopic (exact) mass is 360 g/mol. The summed E-state index contributed by atoms with van der Waals surface area (Å²) in [5.74, 6) is 2.74. The van der Waals surface area contributed by atoms with Crippen LogP contribution in [-0.2, 0) is 6.54 Å². The predicted octanol–water partition coefficient (Wildman–Crippen LogP) is 3.78. The number of rotatable bonds is 4. The molecule has 2 bridgehead atoms. The normalized spacial score (nSPS) is 32.0. The number of fused-ring (bicyclic) bond motifs is 2. The van der Waals surface area contributed by atoms with Gasteiger partial charge in [0.25, 0.3) is 0 Å². The number of allylic oxidation sites excluding steroid dienone is 2. The number of halogens is 1. The first-order valence-electron chi connectivity index (χ1n) is 8.64. The van der Waals surface area contributed by atoms with E-state index < -0.39 is 0 Å². The molecule has 118 valence electrons. The summed E-state index contributed by atoms with van der Waals surface area (Å²) >= 11 is 3.51. The Labute approximate surface area is 142 Å². The molecule has 0 unspecified atom stereocenters. The Morgan fingerprint density at radius 1 is 0.909 bits per heavy atom. The van der Waals surface area contributed by atoms with Crippen LogP contribution >= 0.6 is 15.9 Å². The SMILES string of the molecule is Brc1ccc(CN2CCN(C[C@@H]3C[C@@H]4C=C[C@H]3C4)CC2)cc1. The molecule has 3 heteroatoms. The third-order valence-electron chi connectivity index (χ3n) is 5.69. The fourth-order valence-corrected chi connectivity index (χ4v) is 4.68. The second kappa shape index (κ2) is 6.46. The first-order valence-corrected chi connectivity index (χ1v) is 9.43. The van der Waals surface area contributed by atoms with Crippen molar-refractivity contribution in [2.45, 2.75) is 19.4 Å². The van der Waals surface area contributed by atoms with E-state index in [0.717, 1.165) is 24.3 Å². The summed E-state index contributed by atoms with van der Waals surface area (Å²) in [6, 6.07) is 8.76. The van der Waals surface area contributed by atoms with Crippen molar-refractivity contribution in [3.05, 3.63) is 46.5 Å². The van der Waals surface area contributed by atoms with Crippen molar-refractivity contribution in [1.82, 2.24) is 9.80 Å². The van der Waals surface area contributed by atoms with Gasteiger partial charge in [0.2, 0.25) is 0 Å². The molecule has 0 aromatic heterocycles. The maximum Gasteiger partial charge on any atom is 0.0234 e. The Balaban J connectivity index is 1.24. The maximum absolute atomic E-state index is 3.51. The van der Waals surface area contributed by atoms with Gasteiger partial charge >= 0.3 is 0 Å². The predicted molar refractivity (Wildman–Crippen MR) is 94.7 cm³/mol. The molecule has 1 aromatic carbocycles. The first-order chi connectivity index (χ1) is 10.8. The van der Waals surface area contributed by atoms with Gasteiger partial charge in [-0.05, 0) is 48.3 Å². The van der Waals surface area contributed by atoms with Crippen molar-refractivity contribution in [2.24, 2.45) is 17.8 Å². The lowest BCUT2D eigenvalue weighted by molar-refractivity contribution is 0.108. The fourth-order valence-electron chi connectivity index (χ4n) is 4.41.